The van der Waals surface area contributed by atoms with E-state index in [0.29, 0.717) is 17.1 Å². The summed E-state index contributed by atoms with van der Waals surface area (Å²) in [6.45, 7) is 6.60. The maximum absolute atomic E-state index is 12.5. The Morgan fingerprint density at radius 2 is 1.64 bits per heavy atom. The number of rotatable bonds is 7. The van der Waals surface area contributed by atoms with Crippen LogP contribution in [0.15, 0.2) is 42.5 Å². The smallest absolute Gasteiger partial charge is 0.343 e. The van der Waals surface area contributed by atoms with Crippen LogP contribution in [0.4, 0.5) is 5.69 Å². The summed E-state index contributed by atoms with van der Waals surface area (Å²) in [6.07, 6.45) is 0. The predicted molar refractivity (Wildman–Crippen MR) is 126 cm³/mol. The molecule has 3 aromatic rings. The lowest BCUT2D eigenvalue weighted by Crippen LogP contribution is -2.35. The maximum Gasteiger partial charge on any atom is 0.343 e. The second-order valence-corrected chi connectivity index (χ2v) is 8.03. The first-order valence-corrected chi connectivity index (χ1v) is 10.7. The van der Waals surface area contributed by atoms with Crippen LogP contribution < -0.4 is 10.6 Å². The minimum atomic E-state index is -0.773. The fourth-order valence-corrected chi connectivity index (χ4v) is 3.81. The molecular formula is C24H25ClN4O4. The van der Waals surface area contributed by atoms with Gasteiger partial charge in [0.15, 0.2) is 6.61 Å². The highest BCUT2D eigenvalue weighted by Gasteiger charge is 2.23. The summed E-state index contributed by atoms with van der Waals surface area (Å²) in [5, 5.41) is 9.60. The number of nitrogens with zero attached hydrogens (tertiary/aromatic N) is 2. The van der Waals surface area contributed by atoms with Crippen molar-refractivity contribution < 1.29 is 19.1 Å². The number of aromatic nitrogens is 2. The first kappa shape index (κ1) is 24.0. The summed E-state index contributed by atoms with van der Waals surface area (Å²) in [7, 11) is 0. The van der Waals surface area contributed by atoms with E-state index in [0.717, 1.165) is 16.7 Å². The molecule has 172 valence electrons. The van der Waals surface area contributed by atoms with Gasteiger partial charge in [0, 0.05) is 5.69 Å². The summed E-state index contributed by atoms with van der Waals surface area (Å²) in [5.74, 6) is -1.77. The minimum absolute atomic E-state index is 0.0800. The summed E-state index contributed by atoms with van der Waals surface area (Å²) < 4.78 is 6.51. The summed E-state index contributed by atoms with van der Waals surface area (Å²) in [6, 6.07) is 13.0. The average molecular weight is 469 g/mol. The van der Waals surface area contributed by atoms with Crippen molar-refractivity contribution in [1.29, 1.82) is 0 Å². The minimum Gasteiger partial charge on any atom is -0.452 e. The zero-order chi connectivity index (χ0) is 24.1. The Labute approximate surface area is 196 Å². The van der Waals surface area contributed by atoms with Gasteiger partial charge in [-0.2, -0.15) is 5.10 Å². The summed E-state index contributed by atoms with van der Waals surface area (Å²) >= 11 is 6.34. The monoisotopic (exact) mass is 468 g/mol. The van der Waals surface area contributed by atoms with Crippen molar-refractivity contribution in [3.05, 3.63) is 75.6 Å². The number of esters is 1. The van der Waals surface area contributed by atoms with Crippen LogP contribution in [0.3, 0.4) is 0 Å². The number of para-hydroxylation sites is 1. The Hall–Kier alpha value is -3.65. The zero-order valence-electron chi connectivity index (χ0n) is 18.9. The number of hydrogen-bond donors (Lipinski definition) is 2. The predicted octanol–water partition coefficient (Wildman–Crippen LogP) is 3.67. The van der Waals surface area contributed by atoms with E-state index in [1.165, 1.54) is 4.68 Å². The SMILES string of the molecule is Cc1cc(C)c(NC(=O)CNC(=O)COC(=O)c2c(C)nn(-c3ccccc3)c2Cl)c(C)c1. The first-order chi connectivity index (χ1) is 15.7. The fourth-order valence-electron chi connectivity index (χ4n) is 3.47. The highest BCUT2D eigenvalue weighted by molar-refractivity contribution is 6.33. The number of benzene rings is 2. The molecule has 0 spiro atoms. The molecule has 3 rings (SSSR count). The standard InChI is InChI=1S/C24H25ClN4O4/c1-14-10-15(2)22(16(3)11-14)27-19(30)12-26-20(31)13-33-24(32)21-17(4)28-29(23(21)25)18-8-6-5-7-9-18/h5-11H,12-13H2,1-4H3,(H,26,31)(H,27,30). The average Bonchev–Trinajstić information content (AvgIpc) is 3.07. The summed E-state index contributed by atoms with van der Waals surface area (Å²) in [4.78, 5) is 36.8. The van der Waals surface area contributed by atoms with E-state index in [1.807, 2.05) is 51.1 Å². The number of aryl methyl sites for hydroxylation is 4. The van der Waals surface area contributed by atoms with Gasteiger partial charge in [-0.1, -0.05) is 47.5 Å². The van der Waals surface area contributed by atoms with Gasteiger partial charge in [-0.25, -0.2) is 9.48 Å². The third kappa shape index (κ3) is 5.78. The fraction of sp³-hybridized carbons (Fsp3) is 0.250. The molecule has 33 heavy (non-hydrogen) atoms. The highest BCUT2D eigenvalue weighted by Crippen LogP contribution is 2.24. The molecule has 8 nitrogen and oxygen atoms in total. The summed E-state index contributed by atoms with van der Waals surface area (Å²) in [5.41, 5.74) is 4.82. The van der Waals surface area contributed by atoms with Crippen LogP contribution in [0.2, 0.25) is 5.15 Å². The molecule has 2 amide bonds. The molecule has 0 atom stereocenters. The Morgan fingerprint density at radius 3 is 2.27 bits per heavy atom. The number of carbonyl (C=O) groups is 3. The van der Waals surface area contributed by atoms with E-state index in [4.69, 9.17) is 16.3 Å². The van der Waals surface area contributed by atoms with Gasteiger partial charge < -0.3 is 15.4 Å². The molecule has 0 radical (unpaired) electrons. The lowest BCUT2D eigenvalue weighted by molar-refractivity contribution is -0.126. The highest BCUT2D eigenvalue weighted by atomic mass is 35.5. The zero-order valence-corrected chi connectivity index (χ0v) is 19.6. The number of halogens is 1. The number of hydrogen-bond acceptors (Lipinski definition) is 5. The largest absolute Gasteiger partial charge is 0.452 e. The van der Waals surface area contributed by atoms with E-state index < -0.39 is 18.5 Å². The Bertz CT molecular complexity index is 1180. The van der Waals surface area contributed by atoms with Gasteiger partial charge in [-0.05, 0) is 51.0 Å². The van der Waals surface area contributed by atoms with Gasteiger partial charge in [0.25, 0.3) is 5.91 Å². The third-order valence-corrected chi connectivity index (χ3v) is 5.28. The Kier molecular flexibility index (Phi) is 7.50. The van der Waals surface area contributed by atoms with Crippen LogP contribution in [-0.2, 0) is 14.3 Å². The van der Waals surface area contributed by atoms with E-state index >= 15 is 0 Å². The second-order valence-electron chi connectivity index (χ2n) is 7.67. The number of anilines is 1. The molecule has 0 bridgehead atoms. The van der Waals surface area contributed by atoms with Crippen molar-refractivity contribution in [3.8, 4) is 5.69 Å². The van der Waals surface area contributed by atoms with Crippen molar-refractivity contribution in [2.24, 2.45) is 0 Å². The molecular weight excluding hydrogens is 444 g/mol. The topological polar surface area (TPSA) is 102 Å². The molecule has 0 fully saturated rings. The van der Waals surface area contributed by atoms with Crippen molar-refractivity contribution >= 4 is 35.1 Å². The van der Waals surface area contributed by atoms with Crippen LogP contribution >= 0.6 is 11.6 Å². The molecule has 9 heteroatoms. The van der Waals surface area contributed by atoms with Gasteiger partial charge in [-0.3, -0.25) is 9.59 Å². The van der Waals surface area contributed by atoms with E-state index in [2.05, 4.69) is 15.7 Å². The van der Waals surface area contributed by atoms with Crippen molar-refractivity contribution in [1.82, 2.24) is 15.1 Å². The first-order valence-electron chi connectivity index (χ1n) is 10.3. The molecule has 0 saturated carbocycles. The molecule has 0 aliphatic rings. The maximum atomic E-state index is 12.5. The third-order valence-electron chi connectivity index (χ3n) is 4.93. The van der Waals surface area contributed by atoms with Crippen LogP contribution in [-0.4, -0.2) is 40.7 Å². The van der Waals surface area contributed by atoms with Crippen molar-refractivity contribution in [2.45, 2.75) is 27.7 Å². The molecule has 0 saturated heterocycles. The van der Waals surface area contributed by atoms with Crippen LogP contribution in [0.25, 0.3) is 5.69 Å². The second kappa shape index (κ2) is 10.3. The molecule has 1 heterocycles. The van der Waals surface area contributed by atoms with Gasteiger partial charge in [0.1, 0.15) is 10.7 Å². The van der Waals surface area contributed by atoms with Crippen LogP contribution in [0.1, 0.15) is 32.7 Å². The molecule has 2 N–H and O–H groups in total. The van der Waals surface area contributed by atoms with Crippen LogP contribution in [0, 0.1) is 27.7 Å². The Balaban J connectivity index is 1.54. The molecule has 0 aliphatic carbocycles. The lowest BCUT2D eigenvalue weighted by atomic mass is 10.1. The van der Waals surface area contributed by atoms with E-state index in [1.54, 1.807) is 19.1 Å². The van der Waals surface area contributed by atoms with E-state index in [-0.39, 0.29) is 23.2 Å². The van der Waals surface area contributed by atoms with Gasteiger partial charge in [-0.15, -0.1) is 0 Å². The van der Waals surface area contributed by atoms with Gasteiger partial charge in [0.2, 0.25) is 5.91 Å². The number of amides is 2. The molecule has 0 aliphatic heterocycles. The van der Waals surface area contributed by atoms with Crippen molar-refractivity contribution in [3.63, 3.8) is 0 Å². The van der Waals surface area contributed by atoms with Gasteiger partial charge >= 0.3 is 5.97 Å². The van der Waals surface area contributed by atoms with E-state index in [9.17, 15) is 14.4 Å². The number of carbonyl (C=O) groups excluding carboxylic acids is 3. The number of nitrogens with one attached hydrogen (secondary N) is 2. The van der Waals surface area contributed by atoms with Crippen LogP contribution in [0.5, 0.6) is 0 Å². The van der Waals surface area contributed by atoms with Crippen molar-refractivity contribution in [2.75, 3.05) is 18.5 Å². The Morgan fingerprint density at radius 1 is 1.00 bits per heavy atom. The normalized spacial score (nSPS) is 10.6. The molecule has 1 aromatic heterocycles. The molecule has 2 aromatic carbocycles. The quantitative estimate of drug-likeness (QED) is 0.515. The van der Waals surface area contributed by atoms with Gasteiger partial charge in [0.05, 0.1) is 17.9 Å². The number of ether oxygens (including phenoxy) is 1. The molecule has 0 unspecified atom stereocenters. The lowest BCUT2D eigenvalue weighted by Gasteiger charge is -2.13.